The third-order valence-corrected chi connectivity index (χ3v) is 5.03. The molecule has 2 saturated heterocycles. The smallest absolute Gasteiger partial charge is 0.329 e. The second kappa shape index (κ2) is 7.86. The van der Waals surface area contributed by atoms with Gasteiger partial charge in [0.15, 0.2) is 0 Å². The van der Waals surface area contributed by atoms with Crippen LogP contribution in [0, 0.1) is 6.92 Å². The van der Waals surface area contributed by atoms with E-state index in [1.165, 1.54) is 10.6 Å². The van der Waals surface area contributed by atoms with Gasteiger partial charge in [0.1, 0.15) is 5.70 Å². The Labute approximate surface area is 164 Å². The van der Waals surface area contributed by atoms with E-state index in [2.05, 4.69) is 23.2 Å². The summed E-state index contributed by atoms with van der Waals surface area (Å²) in [5.41, 5.74) is 4.42. The molecule has 2 heterocycles. The fourth-order valence-corrected chi connectivity index (χ4v) is 3.58. The molecule has 0 unspecified atom stereocenters. The number of anilines is 1. The highest BCUT2D eigenvalue weighted by Gasteiger charge is 2.33. The highest BCUT2D eigenvalue weighted by molar-refractivity contribution is 6.13. The minimum atomic E-state index is -0.387. The lowest BCUT2D eigenvalue weighted by atomic mass is 10.1. The molecule has 3 amide bonds. The van der Waals surface area contributed by atoms with Gasteiger partial charge in [-0.15, -0.1) is 0 Å². The first-order valence-corrected chi connectivity index (χ1v) is 9.43. The van der Waals surface area contributed by atoms with Crippen LogP contribution in [0.2, 0.25) is 0 Å². The van der Waals surface area contributed by atoms with Gasteiger partial charge in [-0.3, -0.25) is 9.69 Å². The Morgan fingerprint density at radius 1 is 1.07 bits per heavy atom. The third kappa shape index (κ3) is 3.77. The molecule has 144 valence electrons. The van der Waals surface area contributed by atoms with Crippen molar-refractivity contribution in [3.8, 4) is 0 Å². The normalized spacial score (nSPS) is 18.7. The van der Waals surface area contributed by atoms with Crippen LogP contribution in [-0.4, -0.2) is 43.1 Å². The molecule has 0 aliphatic carbocycles. The first-order chi connectivity index (χ1) is 13.6. The molecular formula is C22H23N3O3. The maximum atomic E-state index is 12.7. The summed E-state index contributed by atoms with van der Waals surface area (Å²) in [5.74, 6) is -0.302. The molecule has 28 heavy (non-hydrogen) atoms. The Morgan fingerprint density at radius 2 is 1.82 bits per heavy atom. The number of nitrogens with one attached hydrogen (secondary N) is 1. The van der Waals surface area contributed by atoms with E-state index in [9.17, 15) is 9.59 Å². The summed E-state index contributed by atoms with van der Waals surface area (Å²) in [6, 6.07) is 15.2. The Kier molecular flexibility index (Phi) is 5.12. The standard InChI is InChI=1S/C22H23N3O3/c1-16-13-18(7-8-20(16)24-9-11-28-12-10-24)14-19-21(26)25(22(27)23-19)15-17-5-3-2-4-6-17/h2-8,13-14H,9-12,15H2,1H3,(H,23,27)/b19-14+. The van der Waals surface area contributed by atoms with E-state index >= 15 is 0 Å². The summed E-state index contributed by atoms with van der Waals surface area (Å²) >= 11 is 0. The number of morpholine rings is 1. The molecule has 0 bridgehead atoms. The SMILES string of the molecule is Cc1cc(/C=C2/NC(=O)N(Cc3ccccc3)C2=O)ccc1N1CCOCC1. The Morgan fingerprint density at radius 3 is 2.54 bits per heavy atom. The number of aryl methyl sites for hydroxylation is 1. The molecule has 6 heteroatoms. The first-order valence-electron chi connectivity index (χ1n) is 9.43. The predicted octanol–water partition coefficient (Wildman–Crippen LogP) is 2.92. The summed E-state index contributed by atoms with van der Waals surface area (Å²) in [4.78, 5) is 28.5. The van der Waals surface area contributed by atoms with Crippen LogP contribution in [0.25, 0.3) is 6.08 Å². The minimum Gasteiger partial charge on any atom is -0.378 e. The van der Waals surface area contributed by atoms with Crippen LogP contribution in [0.15, 0.2) is 54.2 Å². The fraction of sp³-hybridized carbons (Fsp3) is 0.273. The Hall–Kier alpha value is -3.12. The van der Waals surface area contributed by atoms with Gasteiger partial charge in [-0.05, 0) is 41.8 Å². The molecule has 2 aromatic rings. The highest BCUT2D eigenvalue weighted by Crippen LogP contribution is 2.24. The van der Waals surface area contributed by atoms with Gasteiger partial charge in [0.05, 0.1) is 19.8 Å². The Bertz CT molecular complexity index is 918. The molecule has 6 nitrogen and oxygen atoms in total. The van der Waals surface area contributed by atoms with Gasteiger partial charge < -0.3 is 15.0 Å². The fourth-order valence-electron chi connectivity index (χ4n) is 3.58. The number of carbonyl (C=O) groups is 2. The summed E-state index contributed by atoms with van der Waals surface area (Å²) in [6.07, 6.45) is 1.74. The number of rotatable bonds is 4. The number of carbonyl (C=O) groups excluding carboxylic acids is 2. The van der Waals surface area contributed by atoms with Gasteiger partial charge in [-0.1, -0.05) is 36.4 Å². The van der Waals surface area contributed by atoms with Crippen molar-refractivity contribution in [1.29, 1.82) is 0 Å². The molecule has 2 fully saturated rings. The molecule has 0 radical (unpaired) electrons. The van der Waals surface area contributed by atoms with E-state index in [0.29, 0.717) is 5.70 Å². The van der Waals surface area contributed by atoms with Crippen molar-refractivity contribution in [2.24, 2.45) is 0 Å². The van der Waals surface area contributed by atoms with Crippen molar-refractivity contribution in [3.05, 3.63) is 70.9 Å². The molecule has 2 aliphatic heterocycles. The van der Waals surface area contributed by atoms with Crippen molar-refractivity contribution in [3.63, 3.8) is 0 Å². The molecule has 0 spiro atoms. The zero-order valence-electron chi connectivity index (χ0n) is 15.9. The second-order valence-electron chi connectivity index (χ2n) is 7.01. The lowest BCUT2D eigenvalue weighted by Gasteiger charge is -2.30. The van der Waals surface area contributed by atoms with Gasteiger partial charge >= 0.3 is 6.03 Å². The van der Waals surface area contributed by atoms with Crippen LogP contribution in [0.4, 0.5) is 10.5 Å². The summed E-state index contributed by atoms with van der Waals surface area (Å²) in [6.45, 7) is 5.56. The molecule has 0 atom stereocenters. The van der Waals surface area contributed by atoms with Crippen molar-refractivity contribution in [2.75, 3.05) is 31.2 Å². The van der Waals surface area contributed by atoms with Crippen LogP contribution in [0.5, 0.6) is 0 Å². The zero-order valence-corrected chi connectivity index (χ0v) is 15.9. The minimum absolute atomic E-state index is 0.262. The highest BCUT2D eigenvalue weighted by atomic mass is 16.5. The number of benzene rings is 2. The summed E-state index contributed by atoms with van der Waals surface area (Å²) in [7, 11) is 0. The van der Waals surface area contributed by atoms with Crippen molar-refractivity contribution < 1.29 is 14.3 Å². The average Bonchev–Trinajstić information content (AvgIpc) is 2.97. The third-order valence-electron chi connectivity index (χ3n) is 5.03. The maximum Gasteiger partial charge on any atom is 0.329 e. The quantitative estimate of drug-likeness (QED) is 0.657. The Balaban J connectivity index is 1.51. The molecule has 0 aromatic heterocycles. The molecular weight excluding hydrogens is 354 g/mol. The van der Waals surface area contributed by atoms with E-state index in [1.54, 1.807) is 6.08 Å². The van der Waals surface area contributed by atoms with Crippen molar-refractivity contribution in [2.45, 2.75) is 13.5 Å². The molecule has 2 aromatic carbocycles. The number of ether oxygens (including phenoxy) is 1. The van der Waals surface area contributed by atoms with Crippen LogP contribution in [0.1, 0.15) is 16.7 Å². The van der Waals surface area contributed by atoms with E-state index in [0.717, 1.165) is 43.0 Å². The monoisotopic (exact) mass is 377 g/mol. The van der Waals surface area contributed by atoms with Gasteiger partial charge in [-0.2, -0.15) is 0 Å². The second-order valence-corrected chi connectivity index (χ2v) is 7.01. The topological polar surface area (TPSA) is 61.9 Å². The maximum absolute atomic E-state index is 12.7. The number of hydrogen-bond donors (Lipinski definition) is 1. The summed E-state index contributed by atoms with van der Waals surface area (Å²) < 4.78 is 5.41. The molecule has 0 saturated carbocycles. The van der Waals surface area contributed by atoms with E-state index in [-0.39, 0.29) is 18.5 Å². The first kappa shape index (κ1) is 18.3. The predicted molar refractivity (Wildman–Crippen MR) is 108 cm³/mol. The van der Waals surface area contributed by atoms with Crippen molar-refractivity contribution >= 4 is 23.7 Å². The van der Waals surface area contributed by atoms with Crippen molar-refractivity contribution in [1.82, 2.24) is 10.2 Å². The summed E-state index contributed by atoms with van der Waals surface area (Å²) in [5, 5.41) is 2.69. The number of nitrogens with zero attached hydrogens (tertiary/aromatic N) is 2. The molecule has 4 rings (SSSR count). The average molecular weight is 377 g/mol. The lowest BCUT2D eigenvalue weighted by molar-refractivity contribution is -0.123. The lowest BCUT2D eigenvalue weighted by Crippen LogP contribution is -2.36. The van der Waals surface area contributed by atoms with Gasteiger partial charge in [0.2, 0.25) is 0 Å². The van der Waals surface area contributed by atoms with Gasteiger partial charge in [0.25, 0.3) is 5.91 Å². The molecule has 1 N–H and O–H groups in total. The van der Waals surface area contributed by atoms with Crippen LogP contribution in [0.3, 0.4) is 0 Å². The van der Waals surface area contributed by atoms with Crippen LogP contribution in [-0.2, 0) is 16.1 Å². The van der Waals surface area contributed by atoms with E-state index in [4.69, 9.17) is 4.74 Å². The number of imide groups is 1. The van der Waals surface area contributed by atoms with Crippen LogP contribution < -0.4 is 10.2 Å². The number of urea groups is 1. The number of amides is 3. The van der Waals surface area contributed by atoms with Crippen LogP contribution >= 0.6 is 0 Å². The van der Waals surface area contributed by atoms with Gasteiger partial charge in [0, 0.05) is 18.8 Å². The van der Waals surface area contributed by atoms with E-state index < -0.39 is 0 Å². The zero-order chi connectivity index (χ0) is 19.5. The van der Waals surface area contributed by atoms with Gasteiger partial charge in [-0.25, -0.2) is 4.79 Å². The van der Waals surface area contributed by atoms with E-state index in [1.807, 2.05) is 42.5 Å². The number of hydrogen-bond acceptors (Lipinski definition) is 4. The largest absolute Gasteiger partial charge is 0.378 e. The molecule has 2 aliphatic rings.